The van der Waals surface area contributed by atoms with E-state index in [1.54, 1.807) is 36.5 Å². The summed E-state index contributed by atoms with van der Waals surface area (Å²) in [4.78, 5) is 13.0. The second-order valence-corrected chi connectivity index (χ2v) is 9.12. The van der Waals surface area contributed by atoms with E-state index >= 15 is 0 Å². The highest BCUT2D eigenvalue weighted by Crippen LogP contribution is 2.52. The van der Waals surface area contributed by atoms with Crippen LogP contribution in [0.4, 0.5) is 4.39 Å². The Morgan fingerprint density at radius 3 is 2.68 bits per heavy atom. The minimum atomic E-state index is -1.00. The van der Waals surface area contributed by atoms with Crippen molar-refractivity contribution in [1.82, 2.24) is 9.97 Å². The van der Waals surface area contributed by atoms with Crippen LogP contribution in [-0.4, -0.2) is 41.7 Å². The van der Waals surface area contributed by atoms with Gasteiger partial charge in [0.2, 0.25) is 5.95 Å². The van der Waals surface area contributed by atoms with Gasteiger partial charge in [0.25, 0.3) is 0 Å². The molecule has 2 N–H and O–H groups in total. The second-order valence-electron chi connectivity index (χ2n) is 8.74. The minimum absolute atomic E-state index is 0.235. The molecule has 6 rings (SSSR count). The van der Waals surface area contributed by atoms with Crippen LogP contribution in [0.25, 0.3) is 11.1 Å². The number of hydrogen-bond acceptors (Lipinski definition) is 7. The number of aromatic nitrogens is 2. The average Bonchev–Trinajstić information content (AvgIpc) is 2.86. The molecular weight excluding hydrogens is 459 g/mol. The van der Waals surface area contributed by atoms with Gasteiger partial charge in [0.05, 0.1) is 12.8 Å². The van der Waals surface area contributed by atoms with Crippen molar-refractivity contribution in [1.29, 1.82) is 0 Å². The molecule has 0 aliphatic carbocycles. The number of ether oxygens (including phenoxy) is 3. The first-order valence-electron chi connectivity index (χ1n) is 11.2. The molecule has 3 aliphatic heterocycles. The third-order valence-electron chi connectivity index (χ3n) is 6.77. The van der Waals surface area contributed by atoms with Gasteiger partial charge in [-0.2, -0.15) is 4.39 Å². The largest absolute Gasteiger partial charge is 0.455 e. The lowest BCUT2D eigenvalue weighted by Gasteiger charge is -2.43. The Kier molecular flexibility index (Phi) is 5.24. The highest BCUT2D eigenvalue weighted by atomic mass is 35.5. The summed E-state index contributed by atoms with van der Waals surface area (Å²) in [7, 11) is 0. The van der Waals surface area contributed by atoms with Gasteiger partial charge >= 0.3 is 0 Å². The Morgan fingerprint density at radius 1 is 1.06 bits per heavy atom. The Bertz CT molecular complexity index is 1300. The number of nitrogens with two attached hydrogens (primary N) is 1. The number of amidine groups is 1. The monoisotopic (exact) mass is 480 g/mol. The number of halogens is 2. The number of pyridine rings is 2. The number of fused-ring (bicyclic) bond motifs is 4. The quantitative estimate of drug-likeness (QED) is 0.544. The number of aliphatic imine (C=N–C) groups is 1. The van der Waals surface area contributed by atoms with Crippen LogP contribution in [0.15, 0.2) is 53.8 Å². The molecule has 0 saturated carbocycles. The molecule has 1 fully saturated rings. The first kappa shape index (κ1) is 21.5. The Hall–Kier alpha value is -3.07. The number of benzene rings is 1. The Balaban J connectivity index is 1.52. The summed E-state index contributed by atoms with van der Waals surface area (Å²) >= 11 is 6.28. The van der Waals surface area contributed by atoms with Crippen LogP contribution in [0.1, 0.15) is 24.0 Å². The molecule has 174 valence electrons. The zero-order valence-electron chi connectivity index (χ0n) is 18.2. The predicted octanol–water partition coefficient (Wildman–Crippen LogP) is 4.47. The zero-order chi connectivity index (χ0) is 23.3. The smallest absolute Gasteiger partial charge is 0.220 e. The normalized spacial score (nSPS) is 24.2. The van der Waals surface area contributed by atoms with Crippen molar-refractivity contribution in [2.45, 2.75) is 24.5 Å². The molecule has 7 nitrogen and oxygen atoms in total. The molecule has 2 aromatic heterocycles. The van der Waals surface area contributed by atoms with Crippen LogP contribution in [0.2, 0.25) is 5.15 Å². The maximum absolute atomic E-state index is 14.5. The molecule has 2 atom stereocenters. The fraction of sp³-hybridized carbons (Fsp3) is 0.320. The molecular formula is C25H22ClFN4O3. The van der Waals surface area contributed by atoms with E-state index in [-0.39, 0.29) is 18.6 Å². The summed E-state index contributed by atoms with van der Waals surface area (Å²) < 4.78 is 32.6. The van der Waals surface area contributed by atoms with E-state index < -0.39 is 11.5 Å². The molecule has 3 aromatic rings. The van der Waals surface area contributed by atoms with Gasteiger partial charge in [0.15, 0.2) is 5.75 Å². The number of rotatable bonds is 2. The summed E-state index contributed by atoms with van der Waals surface area (Å²) in [5.41, 5.74) is 8.02. The third kappa shape index (κ3) is 3.45. The van der Waals surface area contributed by atoms with Crippen LogP contribution in [0, 0.1) is 11.9 Å². The first-order chi connectivity index (χ1) is 16.5. The van der Waals surface area contributed by atoms with Crippen molar-refractivity contribution in [2.24, 2.45) is 16.6 Å². The molecule has 1 saturated heterocycles. The van der Waals surface area contributed by atoms with Gasteiger partial charge in [-0.25, -0.2) is 9.97 Å². The number of nitrogens with zero attached hydrogens (tertiary/aromatic N) is 3. The molecule has 34 heavy (non-hydrogen) atoms. The SMILES string of the molecule is NC1=N[C@]2(CO[C@@H]1C1CCOCC1)c1cc(-c3cccnc3F)ccc1Oc1cnc(Cl)cc12. The van der Waals surface area contributed by atoms with Gasteiger partial charge in [-0.05, 0) is 54.7 Å². The van der Waals surface area contributed by atoms with E-state index in [2.05, 4.69) is 9.97 Å². The van der Waals surface area contributed by atoms with Crippen LogP contribution < -0.4 is 10.5 Å². The summed E-state index contributed by atoms with van der Waals surface area (Å²) in [5, 5.41) is 0.306. The lowest BCUT2D eigenvalue weighted by atomic mass is 9.79. The van der Waals surface area contributed by atoms with E-state index in [1.807, 2.05) is 6.07 Å². The Morgan fingerprint density at radius 2 is 1.88 bits per heavy atom. The van der Waals surface area contributed by atoms with Crippen LogP contribution in [0.3, 0.4) is 0 Å². The van der Waals surface area contributed by atoms with Crippen molar-refractivity contribution in [3.63, 3.8) is 0 Å². The number of hydrogen-bond donors (Lipinski definition) is 1. The fourth-order valence-corrected chi connectivity index (χ4v) is 5.24. The van der Waals surface area contributed by atoms with E-state index in [1.165, 1.54) is 6.20 Å². The van der Waals surface area contributed by atoms with Crippen molar-refractivity contribution < 1.29 is 18.6 Å². The van der Waals surface area contributed by atoms with Crippen LogP contribution >= 0.6 is 11.6 Å². The average molecular weight is 481 g/mol. The molecule has 0 amide bonds. The maximum Gasteiger partial charge on any atom is 0.220 e. The van der Waals surface area contributed by atoms with Crippen molar-refractivity contribution in [2.75, 3.05) is 19.8 Å². The summed E-state index contributed by atoms with van der Waals surface area (Å²) in [6, 6.07) is 10.6. The van der Waals surface area contributed by atoms with Gasteiger partial charge in [-0.1, -0.05) is 17.7 Å². The van der Waals surface area contributed by atoms with Gasteiger partial charge in [0, 0.05) is 36.1 Å². The highest BCUT2D eigenvalue weighted by Gasteiger charge is 2.48. The van der Waals surface area contributed by atoms with Crippen molar-refractivity contribution in [3.05, 3.63) is 71.0 Å². The van der Waals surface area contributed by atoms with E-state index in [9.17, 15) is 4.39 Å². The van der Waals surface area contributed by atoms with Gasteiger partial charge in [-0.3, -0.25) is 4.99 Å². The summed E-state index contributed by atoms with van der Waals surface area (Å²) in [6.07, 6.45) is 4.44. The van der Waals surface area contributed by atoms with Gasteiger partial charge in [-0.15, -0.1) is 0 Å². The van der Waals surface area contributed by atoms with E-state index in [4.69, 9.17) is 36.5 Å². The topological polar surface area (TPSA) is 91.9 Å². The first-order valence-corrected chi connectivity index (χ1v) is 11.6. The fourth-order valence-electron chi connectivity index (χ4n) is 5.08. The molecule has 9 heteroatoms. The molecule has 0 bridgehead atoms. The van der Waals surface area contributed by atoms with Crippen LogP contribution in [0.5, 0.6) is 11.5 Å². The highest BCUT2D eigenvalue weighted by molar-refractivity contribution is 6.29. The minimum Gasteiger partial charge on any atom is -0.455 e. The predicted molar refractivity (Wildman–Crippen MR) is 125 cm³/mol. The lowest BCUT2D eigenvalue weighted by molar-refractivity contribution is -0.0237. The maximum atomic E-state index is 14.5. The second kappa shape index (κ2) is 8.30. The van der Waals surface area contributed by atoms with E-state index in [0.717, 1.165) is 18.4 Å². The molecule has 0 radical (unpaired) electrons. The van der Waals surface area contributed by atoms with Crippen LogP contribution in [-0.2, 0) is 15.0 Å². The standard InChI is InChI=1S/C25H22ClFN4O3/c26-21-11-18-20(12-30-21)34-19-4-3-15(16-2-1-7-29-23(16)27)10-17(19)25(18)13-33-22(24(28)31-25)14-5-8-32-9-6-14/h1-4,7,10-12,14,22H,5-6,8-9,13H2,(H2,28,31)/t22-,25-/m1/s1. The summed E-state index contributed by atoms with van der Waals surface area (Å²) in [5.74, 6) is 1.22. The van der Waals surface area contributed by atoms with Gasteiger partial charge < -0.3 is 19.9 Å². The molecule has 3 aliphatic rings. The molecule has 0 unspecified atom stereocenters. The lowest BCUT2D eigenvalue weighted by Crippen LogP contribution is -2.50. The zero-order valence-corrected chi connectivity index (χ0v) is 19.0. The van der Waals surface area contributed by atoms with E-state index in [0.29, 0.717) is 52.4 Å². The molecule has 1 spiro atoms. The van der Waals surface area contributed by atoms with Gasteiger partial charge in [0.1, 0.15) is 28.4 Å². The Labute approximate surface area is 200 Å². The molecule has 1 aromatic carbocycles. The van der Waals surface area contributed by atoms with Crippen molar-refractivity contribution >= 4 is 17.4 Å². The van der Waals surface area contributed by atoms with Crippen molar-refractivity contribution in [3.8, 4) is 22.6 Å². The summed E-state index contributed by atoms with van der Waals surface area (Å²) in [6.45, 7) is 1.60. The molecule has 5 heterocycles. The third-order valence-corrected chi connectivity index (χ3v) is 6.98.